The Balaban J connectivity index is 2.08. The van der Waals surface area contributed by atoms with Gasteiger partial charge in [-0.2, -0.15) is 0 Å². The van der Waals surface area contributed by atoms with Crippen LogP contribution in [0, 0.1) is 6.92 Å². The lowest BCUT2D eigenvalue weighted by molar-refractivity contribution is 0.175. The molecule has 0 aliphatic rings. The lowest BCUT2D eigenvalue weighted by atomic mass is 10.1. The van der Waals surface area contributed by atoms with E-state index in [4.69, 9.17) is 0 Å². The molecule has 0 aliphatic carbocycles. The molecular formula is C15H23N3O. The summed E-state index contributed by atoms with van der Waals surface area (Å²) in [6.45, 7) is 5.70. The molecule has 0 fully saturated rings. The zero-order valence-electron chi connectivity index (χ0n) is 12.0. The van der Waals surface area contributed by atoms with Crippen LogP contribution in [0.5, 0.6) is 0 Å². The molecule has 0 spiro atoms. The fourth-order valence-corrected chi connectivity index (χ4v) is 2.20. The van der Waals surface area contributed by atoms with Gasteiger partial charge >= 0.3 is 0 Å². The largest absolute Gasteiger partial charge is 0.387 e. The standard InChI is InChI=1S/C15H23N3O/c1-4-5-8-16-10-15(19)12-6-7-14-13(9-12)17-11(2)18(14)3/h6-7,9,15-16,19H,4-5,8,10H2,1-3H3. The van der Waals surface area contributed by atoms with Gasteiger partial charge in [-0.3, -0.25) is 0 Å². The summed E-state index contributed by atoms with van der Waals surface area (Å²) in [4.78, 5) is 4.50. The number of imidazole rings is 1. The van der Waals surface area contributed by atoms with Gasteiger partial charge in [0.25, 0.3) is 0 Å². The molecule has 2 rings (SSSR count). The van der Waals surface area contributed by atoms with Gasteiger partial charge in [0.05, 0.1) is 17.1 Å². The number of aromatic nitrogens is 2. The summed E-state index contributed by atoms with van der Waals surface area (Å²) >= 11 is 0. The second kappa shape index (κ2) is 6.17. The minimum Gasteiger partial charge on any atom is -0.387 e. The predicted molar refractivity (Wildman–Crippen MR) is 78.2 cm³/mol. The molecule has 1 atom stereocenters. The van der Waals surface area contributed by atoms with E-state index in [1.54, 1.807) is 0 Å². The quantitative estimate of drug-likeness (QED) is 0.785. The Bertz CT molecular complexity index is 548. The highest BCUT2D eigenvalue weighted by atomic mass is 16.3. The van der Waals surface area contributed by atoms with Gasteiger partial charge in [0, 0.05) is 13.6 Å². The number of hydrogen-bond acceptors (Lipinski definition) is 3. The van der Waals surface area contributed by atoms with E-state index in [9.17, 15) is 5.11 Å². The number of nitrogens with one attached hydrogen (secondary N) is 1. The van der Waals surface area contributed by atoms with Gasteiger partial charge < -0.3 is 15.0 Å². The first-order valence-corrected chi connectivity index (χ1v) is 6.95. The van der Waals surface area contributed by atoms with Crippen LogP contribution in [0.1, 0.15) is 37.3 Å². The zero-order chi connectivity index (χ0) is 13.8. The van der Waals surface area contributed by atoms with E-state index in [1.165, 1.54) is 6.42 Å². The van der Waals surface area contributed by atoms with Gasteiger partial charge in [0.15, 0.2) is 0 Å². The first-order valence-electron chi connectivity index (χ1n) is 6.95. The summed E-state index contributed by atoms with van der Waals surface area (Å²) < 4.78 is 2.06. The number of nitrogens with zero attached hydrogens (tertiary/aromatic N) is 2. The Morgan fingerprint density at radius 3 is 2.95 bits per heavy atom. The van der Waals surface area contributed by atoms with Gasteiger partial charge in [-0.1, -0.05) is 19.4 Å². The second-order valence-electron chi connectivity index (χ2n) is 5.04. The Morgan fingerprint density at radius 2 is 2.21 bits per heavy atom. The average Bonchev–Trinajstić information content (AvgIpc) is 2.69. The molecule has 0 aliphatic heterocycles. The van der Waals surface area contributed by atoms with Crippen LogP contribution in [0.3, 0.4) is 0 Å². The van der Waals surface area contributed by atoms with E-state index in [0.717, 1.165) is 35.4 Å². The molecule has 1 aromatic carbocycles. The molecule has 4 nitrogen and oxygen atoms in total. The first kappa shape index (κ1) is 14.0. The minimum absolute atomic E-state index is 0.469. The molecule has 1 unspecified atom stereocenters. The normalized spacial score (nSPS) is 13.1. The van der Waals surface area contributed by atoms with Crippen molar-refractivity contribution < 1.29 is 5.11 Å². The number of aliphatic hydroxyl groups is 1. The average molecular weight is 261 g/mol. The Kier molecular flexibility index (Phi) is 4.56. The molecule has 1 heterocycles. The predicted octanol–water partition coefficient (Wildman–Crippen LogP) is 2.30. The van der Waals surface area contributed by atoms with Crippen molar-refractivity contribution in [3.63, 3.8) is 0 Å². The third-order valence-corrected chi connectivity index (χ3v) is 3.56. The van der Waals surface area contributed by atoms with Crippen molar-refractivity contribution in [3.05, 3.63) is 29.6 Å². The molecule has 0 saturated heterocycles. The fraction of sp³-hybridized carbons (Fsp3) is 0.533. The highest BCUT2D eigenvalue weighted by molar-refractivity contribution is 5.76. The summed E-state index contributed by atoms with van der Waals surface area (Å²) in [5.41, 5.74) is 2.98. The van der Waals surface area contributed by atoms with Crippen LogP contribution < -0.4 is 5.32 Å². The van der Waals surface area contributed by atoms with E-state index in [-0.39, 0.29) is 0 Å². The lowest BCUT2D eigenvalue weighted by Crippen LogP contribution is -2.22. The number of rotatable bonds is 6. The smallest absolute Gasteiger partial charge is 0.106 e. The summed E-state index contributed by atoms with van der Waals surface area (Å²) in [6, 6.07) is 5.99. The summed E-state index contributed by atoms with van der Waals surface area (Å²) in [6.07, 6.45) is 1.84. The number of hydrogen-bond donors (Lipinski definition) is 2. The summed E-state index contributed by atoms with van der Waals surface area (Å²) in [5.74, 6) is 0.989. The number of aryl methyl sites for hydroxylation is 2. The maximum Gasteiger partial charge on any atom is 0.106 e. The Morgan fingerprint density at radius 1 is 1.42 bits per heavy atom. The van der Waals surface area contributed by atoms with E-state index in [2.05, 4.69) is 21.8 Å². The second-order valence-corrected chi connectivity index (χ2v) is 5.04. The van der Waals surface area contributed by atoms with Crippen LogP contribution in [0.25, 0.3) is 11.0 Å². The molecule has 1 aromatic heterocycles. The molecular weight excluding hydrogens is 238 g/mol. The number of fused-ring (bicyclic) bond motifs is 1. The van der Waals surface area contributed by atoms with Gasteiger partial charge in [0.2, 0.25) is 0 Å². The van der Waals surface area contributed by atoms with Crippen LogP contribution in [0.2, 0.25) is 0 Å². The zero-order valence-corrected chi connectivity index (χ0v) is 12.0. The highest BCUT2D eigenvalue weighted by Crippen LogP contribution is 2.20. The Hall–Kier alpha value is -1.39. The van der Waals surface area contributed by atoms with Gasteiger partial charge in [0.1, 0.15) is 5.82 Å². The van der Waals surface area contributed by atoms with E-state index in [1.807, 2.05) is 32.2 Å². The third kappa shape index (κ3) is 3.14. The highest BCUT2D eigenvalue weighted by Gasteiger charge is 2.10. The molecule has 2 N–H and O–H groups in total. The summed E-state index contributed by atoms with van der Waals surface area (Å²) in [7, 11) is 2.01. The Labute approximate surface area is 114 Å². The summed E-state index contributed by atoms with van der Waals surface area (Å²) in [5, 5.41) is 13.4. The SMILES string of the molecule is CCCCNCC(O)c1ccc2c(c1)nc(C)n2C. The lowest BCUT2D eigenvalue weighted by Gasteiger charge is -2.12. The van der Waals surface area contributed by atoms with Gasteiger partial charge in [-0.25, -0.2) is 4.98 Å². The van der Waals surface area contributed by atoms with Gasteiger partial charge in [-0.05, 0) is 37.6 Å². The van der Waals surface area contributed by atoms with E-state index in [0.29, 0.717) is 6.54 Å². The topological polar surface area (TPSA) is 50.1 Å². The number of aliphatic hydroxyl groups excluding tert-OH is 1. The maximum atomic E-state index is 10.2. The van der Waals surface area contributed by atoms with Crippen LogP contribution in [0.4, 0.5) is 0 Å². The fourth-order valence-electron chi connectivity index (χ4n) is 2.20. The van der Waals surface area contributed by atoms with Crippen molar-refractivity contribution in [2.24, 2.45) is 7.05 Å². The first-order chi connectivity index (χ1) is 9.13. The van der Waals surface area contributed by atoms with E-state index < -0.39 is 6.10 Å². The van der Waals surface area contributed by atoms with Crippen molar-refractivity contribution in [2.75, 3.05) is 13.1 Å². The van der Waals surface area contributed by atoms with Crippen molar-refractivity contribution in [1.29, 1.82) is 0 Å². The van der Waals surface area contributed by atoms with Crippen molar-refractivity contribution in [2.45, 2.75) is 32.8 Å². The molecule has 0 amide bonds. The van der Waals surface area contributed by atoms with E-state index >= 15 is 0 Å². The van der Waals surface area contributed by atoms with Crippen molar-refractivity contribution in [1.82, 2.24) is 14.9 Å². The third-order valence-electron chi connectivity index (χ3n) is 3.56. The molecule has 4 heteroatoms. The molecule has 104 valence electrons. The van der Waals surface area contributed by atoms with Crippen molar-refractivity contribution in [3.8, 4) is 0 Å². The molecule has 2 aromatic rings. The molecule has 19 heavy (non-hydrogen) atoms. The number of unbranched alkanes of at least 4 members (excludes halogenated alkanes) is 1. The van der Waals surface area contributed by atoms with Crippen LogP contribution >= 0.6 is 0 Å². The van der Waals surface area contributed by atoms with Crippen molar-refractivity contribution >= 4 is 11.0 Å². The molecule has 0 radical (unpaired) electrons. The van der Waals surface area contributed by atoms with Crippen LogP contribution in [-0.2, 0) is 7.05 Å². The number of benzene rings is 1. The molecule has 0 saturated carbocycles. The van der Waals surface area contributed by atoms with Crippen LogP contribution in [-0.4, -0.2) is 27.7 Å². The van der Waals surface area contributed by atoms with Crippen LogP contribution in [0.15, 0.2) is 18.2 Å². The van der Waals surface area contributed by atoms with Gasteiger partial charge in [-0.15, -0.1) is 0 Å². The molecule has 0 bridgehead atoms. The maximum absolute atomic E-state index is 10.2. The minimum atomic E-state index is -0.469. The monoisotopic (exact) mass is 261 g/mol.